The van der Waals surface area contributed by atoms with E-state index in [2.05, 4.69) is 0 Å². The van der Waals surface area contributed by atoms with E-state index in [9.17, 15) is 19.5 Å². The number of pyridine rings is 1. The first kappa shape index (κ1) is 16.4. The maximum absolute atomic E-state index is 12.7. The van der Waals surface area contributed by atoms with Crippen molar-refractivity contribution >= 4 is 22.7 Å². The summed E-state index contributed by atoms with van der Waals surface area (Å²) in [6.07, 6.45) is 0. The second-order valence-electron chi connectivity index (χ2n) is 5.50. The summed E-state index contributed by atoms with van der Waals surface area (Å²) in [7, 11) is 2.78. The van der Waals surface area contributed by atoms with Crippen LogP contribution in [-0.4, -0.2) is 28.5 Å². The molecule has 0 amide bonds. The number of phenolic OH excluding ortho intramolecular Hbond substituents is 1. The summed E-state index contributed by atoms with van der Waals surface area (Å²) in [6, 6.07) is 12.2. The van der Waals surface area contributed by atoms with Crippen molar-refractivity contribution < 1.29 is 19.4 Å². The third-order valence-corrected chi connectivity index (χ3v) is 4.07. The minimum absolute atomic E-state index is 0.0227. The van der Waals surface area contributed by atoms with Gasteiger partial charge in [-0.15, -0.1) is 0 Å². The van der Waals surface area contributed by atoms with Crippen LogP contribution in [0, 0.1) is 0 Å². The summed E-state index contributed by atoms with van der Waals surface area (Å²) in [5.74, 6) is -1.39. The van der Waals surface area contributed by atoms with Crippen molar-refractivity contribution in [3.05, 3.63) is 75.6 Å². The fraction of sp³-hybridized carbons (Fsp3) is 0.105. The van der Waals surface area contributed by atoms with Crippen LogP contribution < -0.4 is 5.56 Å². The van der Waals surface area contributed by atoms with Gasteiger partial charge in [0.15, 0.2) is 0 Å². The average Bonchev–Trinajstić information content (AvgIpc) is 2.63. The van der Waals surface area contributed by atoms with E-state index in [1.807, 2.05) is 0 Å². The zero-order chi connectivity index (χ0) is 18.1. The molecule has 1 N–H and O–H groups in total. The lowest BCUT2D eigenvalue weighted by Gasteiger charge is -2.11. The second kappa shape index (κ2) is 6.24. The zero-order valence-corrected chi connectivity index (χ0v) is 13.6. The normalized spacial score (nSPS) is 10.6. The van der Waals surface area contributed by atoms with Crippen LogP contribution in [-0.2, 0) is 11.8 Å². The molecule has 0 aliphatic carbocycles. The lowest BCUT2D eigenvalue weighted by molar-refractivity contribution is 0.0602. The highest BCUT2D eigenvalue weighted by molar-refractivity contribution is 6.13. The van der Waals surface area contributed by atoms with Gasteiger partial charge in [-0.3, -0.25) is 9.59 Å². The number of fused-ring (bicyclic) bond motifs is 1. The number of carbonyl (C=O) groups is 2. The smallest absolute Gasteiger partial charge is 0.338 e. The largest absolute Gasteiger partial charge is 0.507 e. The number of para-hydroxylation sites is 1. The number of aromatic hydroxyl groups is 1. The number of aromatic nitrogens is 1. The number of aryl methyl sites for hydroxylation is 1. The Morgan fingerprint density at radius 2 is 1.68 bits per heavy atom. The lowest BCUT2D eigenvalue weighted by atomic mass is 10.00. The molecule has 0 aliphatic heterocycles. The van der Waals surface area contributed by atoms with E-state index in [4.69, 9.17) is 4.74 Å². The molecule has 0 aliphatic rings. The zero-order valence-electron chi connectivity index (χ0n) is 13.6. The van der Waals surface area contributed by atoms with Gasteiger partial charge in [-0.05, 0) is 30.3 Å². The van der Waals surface area contributed by atoms with E-state index >= 15 is 0 Å². The van der Waals surface area contributed by atoms with E-state index < -0.39 is 17.3 Å². The van der Waals surface area contributed by atoms with Gasteiger partial charge >= 0.3 is 5.97 Å². The van der Waals surface area contributed by atoms with Crippen LogP contribution in [0.15, 0.2) is 53.3 Å². The Kier molecular flexibility index (Phi) is 4.10. The topological polar surface area (TPSA) is 85.6 Å². The first-order chi connectivity index (χ1) is 12.0. The number of carbonyl (C=O) groups excluding carboxylic acids is 2. The van der Waals surface area contributed by atoms with Crippen molar-refractivity contribution in [2.75, 3.05) is 7.11 Å². The molecule has 25 heavy (non-hydrogen) atoms. The van der Waals surface area contributed by atoms with Crippen LogP contribution in [0.25, 0.3) is 10.9 Å². The van der Waals surface area contributed by atoms with Gasteiger partial charge in [0.1, 0.15) is 5.75 Å². The van der Waals surface area contributed by atoms with E-state index in [0.29, 0.717) is 10.9 Å². The summed E-state index contributed by atoms with van der Waals surface area (Å²) in [4.78, 5) is 37.3. The third-order valence-electron chi connectivity index (χ3n) is 4.07. The molecule has 6 nitrogen and oxygen atoms in total. The van der Waals surface area contributed by atoms with Crippen LogP contribution in [0.4, 0.5) is 0 Å². The lowest BCUT2D eigenvalue weighted by Crippen LogP contribution is -2.25. The molecule has 3 aromatic rings. The van der Waals surface area contributed by atoms with Crippen molar-refractivity contribution in [3.8, 4) is 5.75 Å². The van der Waals surface area contributed by atoms with Crippen LogP contribution in [0.2, 0.25) is 0 Å². The van der Waals surface area contributed by atoms with Gasteiger partial charge in [-0.1, -0.05) is 18.2 Å². The Hall–Kier alpha value is -3.41. The van der Waals surface area contributed by atoms with E-state index in [1.165, 1.54) is 36.9 Å². The second-order valence-corrected chi connectivity index (χ2v) is 5.50. The summed E-state index contributed by atoms with van der Waals surface area (Å²) >= 11 is 0. The Morgan fingerprint density at radius 1 is 1.00 bits per heavy atom. The van der Waals surface area contributed by atoms with E-state index in [-0.39, 0.29) is 22.4 Å². The molecule has 0 unspecified atom stereocenters. The number of phenols is 1. The molecule has 0 fully saturated rings. The maximum Gasteiger partial charge on any atom is 0.338 e. The Balaban J connectivity index is 2.32. The van der Waals surface area contributed by atoms with Crippen LogP contribution in [0.1, 0.15) is 26.3 Å². The summed E-state index contributed by atoms with van der Waals surface area (Å²) in [5, 5.41) is 10.3. The molecule has 0 saturated carbocycles. The Labute approximate surface area is 142 Å². The number of nitrogens with zero attached hydrogens (tertiary/aromatic N) is 1. The minimum Gasteiger partial charge on any atom is -0.507 e. The van der Waals surface area contributed by atoms with Gasteiger partial charge in [0.2, 0.25) is 5.78 Å². The number of hydrogen-bond acceptors (Lipinski definition) is 5. The molecule has 0 bridgehead atoms. The van der Waals surface area contributed by atoms with Crippen molar-refractivity contribution in [2.24, 2.45) is 7.05 Å². The Morgan fingerprint density at radius 3 is 2.36 bits per heavy atom. The molecular weight excluding hydrogens is 322 g/mol. The van der Waals surface area contributed by atoms with Gasteiger partial charge in [-0.2, -0.15) is 0 Å². The van der Waals surface area contributed by atoms with Crippen molar-refractivity contribution in [2.45, 2.75) is 0 Å². The van der Waals surface area contributed by atoms with Gasteiger partial charge in [0.25, 0.3) is 5.56 Å². The van der Waals surface area contributed by atoms with Gasteiger partial charge in [0, 0.05) is 12.4 Å². The first-order valence-electron chi connectivity index (χ1n) is 7.49. The summed E-state index contributed by atoms with van der Waals surface area (Å²) in [6.45, 7) is 0. The van der Waals surface area contributed by atoms with E-state index in [1.54, 1.807) is 30.3 Å². The maximum atomic E-state index is 12.7. The highest BCUT2D eigenvalue weighted by Crippen LogP contribution is 2.23. The molecule has 6 heteroatoms. The number of rotatable bonds is 3. The van der Waals surface area contributed by atoms with Crippen molar-refractivity contribution in [3.63, 3.8) is 0 Å². The fourth-order valence-electron chi connectivity index (χ4n) is 2.75. The molecule has 0 atom stereocenters. The number of ketones is 1. The van der Waals surface area contributed by atoms with Crippen LogP contribution in [0.5, 0.6) is 5.75 Å². The molecule has 1 aromatic heterocycles. The first-order valence-corrected chi connectivity index (χ1v) is 7.49. The average molecular weight is 337 g/mol. The van der Waals surface area contributed by atoms with E-state index in [0.717, 1.165) is 0 Å². The number of ether oxygens (including phenoxy) is 1. The predicted octanol–water partition coefficient (Wildman–Crippen LogP) is 2.26. The van der Waals surface area contributed by atoms with Gasteiger partial charge in [0.05, 0.1) is 29.3 Å². The highest BCUT2D eigenvalue weighted by atomic mass is 16.5. The summed E-state index contributed by atoms with van der Waals surface area (Å²) in [5.41, 5.74) is 0.133. The fourth-order valence-corrected chi connectivity index (χ4v) is 2.75. The molecule has 0 saturated heterocycles. The molecular formula is C19H15NO5. The molecule has 3 rings (SSSR count). The number of benzene rings is 2. The minimum atomic E-state index is -0.611. The van der Waals surface area contributed by atoms with Gasteiger partial charge in [-0.25, -0.2) is 4.79 Å². The molecule has 126 valence electrons. The molecule has 1 heterocycles. The van der Waals surface area contributed by atoms with Crippen molar-refractivity contribution in [1.82, 2.24) is 4.57 Å². The van der Waals surface area contributed by atoms with Gasteiger partial charge < -0.3 is 14.4 Å². The third kappa shape index (κ3) is 2.67. The standard InChI is InChI=1S/C19H15NO5/c1-20-15-8-5-7-11(19(24)25-2)13(15)10-14(18(20)23)17(22)12-6-3-4-9-16(12)21/h3-10,21H,1-2H3. The van der Waals surface area contributed by atoms with Crippen LogP contribution >= 0.6 is 0 Å². The predicted molar refractivity (Wildman–Crippen MR) is 92.1 cm³/mol. The molecule has 0 spiro atoms. The Bertz CT molecular complexity index is 1070. The monoisotopic (exact) mass is 337 g/mol. The highest BCUT2D eigenvalue weighted by Gasteiger charge is 2.21. The van der Waals surface area contributed by atoms with Crippen molar-refractivity contribution in [1.29, 1.82) is 0 Å². The quantitative estimate of drug-likeness (QED) is 0.585. The number of hydrogen-bond donors (Lipinski definition) is 1. The molecule has 2 aromatic carbocycles. The summed E-state index contributed by atoms with van der Waals surface area (Å²) < 4.78 is 6.07. The number of methoxy groups -OCH3 is 1. The SMILES string of the molecule is COC(=O)c1cccc2c1cc(C(=O)c1ccccc1O)c(=O)n2C. The van der Waals surface area contributed by atoms with Crippen LogP contribution in [0.3, 0.4) is 0 Å². The molecule has 0 radical (unpaired) electrons. The number of esters is 1.